The first-order valence-corrected chi connectivity index (χ1v) is 6.44. The van der Waals surface area contributed by atoms with E-state index in [0.29, 0.717) is 23.6 Å². The maximum Gasteiger partial charge on any atom is 0.167 e. The first-order chi connectivity index (χ1) is 9.72. The highest BCUT2D eigenvalue weighted by Crippen LogP contribution is 2.26. The monoisotopic (exact) mass is 295 g/mol. The minimum absolute atomic E-state index is 0.164. The maximum atomic E-state index is 13.7. The molecule has 0 fully saturated rings. The van der Waals surface area contributed by atoms with Crippen LogP contribution in [0.4, 0.5) is 4.39 Å². The van der Waals surface area contributed by atoms with E-state index < -0.39 is 5.82 Å². The molecule has 5 nitrogen and oxygen atoms in total. The molecular weight excluding hydrogens is 285 g/mol. The van der Waals surface area contributed by atoms with E-state index in [1.165, 1.54) is 13.2 Å². The highest BCUT2D eigenvalue weighted by molar-refractivity contribution is 6.16. The molecule has 0 aliphatic carbocycles. The minimum Gasteiger partial charge on any atom is -0.494 e. The summed E-state index contributed by atoms with van der Waals surface area (Å²) < 4.78 is 25.6. The topological polar surface area (TPSA) is 53.1 Å². The average molecular weight is 296 g/mol. The Morgan fingerprint density at radius 3 is 2.95 bits per heavy atom. The van der Waals surface area contributed by atoms with Crippen LogP contribution in [-0.4, -0.2) is 21.8 Å². The van der Waals surface area contributed by atoms with Crippen molar-refractivity contribution in [1.82, 2.24) is 14.7 Å². The number of methoxy groups -OCH3 is 1. The van der Waals surface area contributed by atoms with Crippen molar-refractivity contribution in [2.45, 2.75) is 12.4 Å². The fraction of sp³-hybridized carbons (Fsp3) is 0.231. The van der Waals surface area contributed by atoms with Gasteiger partial charge in [-0.2, -0.15) is 0 Å². The predicted molar refractivity (Wildman–Crippen MR) is 71.4 cm³/mol. The SMILES string of the molecule is COc1cc2c(cc1F)nc(CCl)n2Cc1ccno1. The third kappa shape index (κ3) is 2.12. The molecule has 2 aromatic heterocycles. The standard InChI is InChI=1S/C13H11ClFN3O2/c1-19-12-5-11-10(4-9(12)15)17-13(6-14)18(11)7-8-2-3-16-20-8/h2-5H,6-7H2,1H3. The molecule has 1 aromatic carbocycles. The van der Waals surface area contributed by atoms with Gasteiger partial charge in [-0.15, -0.1) is 11.6 Å². The number of ether oxygens (including phenoxy) is 1. The first-order valence-electron chi connectivity index (χ1n) is 5.91. The summed E-state index contributed by atoms with van der Waals surface area (Å²) in [5.74, 6) is 1.22. The summed E-state index contributed by atoms with van der Waals surface area (Å²) in [4.78, 5) is 4.32. The molecule has 0 radical (unpaired) electrons. The van der Waals surface area contributed by atoms with Crippen LogP contribution in [0.5, 0.6) is 5.75 Å². The van der Waals surface area contributed by atoms with E-state index in [-0.39, 0.29) is 11.6 Å². The minimum atomic E-state index is -0.453. The van der Waals surface area contributed by atoms with Crippen LogP contribution >= 0.6 is 11.6 Å². The lowest BCUT2D eigenvalue weighted by Gasteiger charge is -2.06. The number of nitrogens with zero attached hydrogens (tertiary/aromatic N) is 3. The van der Waals surface area contributed by atoms with Crippen molar-refractivity contribution < 1.29 is 13.7 Å². The van der Waals surface area contributed by atoms with Crippen LogP contribution < -0.4 is 4.74 Å². The number of aromatic nitrogens is 3. The van der Waals surface area contributed by atoms with Crippen molar-refractivity contribution in [1.29, 1.82) is 0 Å². The van der Waals surface area contributed by atoms with Gasteiger partial charge in [0.25, 0.3) is 0 Å². The molecule has 0 atom stereocenters. The number of hydrogen-bond acceptors (Lipinski definition) is 4. The molecule has 2 heterocycles. The van der Waals surface area contributed by atoms with E-state index in [0.717, 1.165) is 5.52 Å². The van der Waals surface area contributed by atoms with E-state index in [1.807, 2.05) is 4.57 Å². The van der Waals surface area contributed by atoms with Crippen molar-refractivity contribution in [2.24, 2.45) is 0 Å². The Morgan fingerprint density at radius 1 is 1.45 bits per heavy atom. The zero-order valence-corrected chi connectivity index (χ0v) is 11.4. The number of hydrogen-bond donors (Lipinski definition) is 0. The highest BCUT2D eigenvalue weighted by Gasteiger charge is 2.15. The number of imidazole rings is 1. The van der Waals surface area contributed by atoms with Crippen molar-refractivity contribution in [2.75, 3.05) is 7.11 Å². The number of fused-ring (bicyclic) bond motifs is 1. The van der Waals surface area contributed by atoms with E-state index in [4.69, 9.17) is 20.9 Å². The molecule has 3 aromatic rings. The number of benzene rings is 1. The Morgan fingerprint density at radius 2 is 2.30 bits per heavy atom. The van der Waals surface area contributed by atoms with Crippen LogP contribution in [0.1, 0.15) is 11.6 Å². The maximum absolute atomic E-state index is 13.7. The number of alkyl halides is 1. The fourth-order valence-corrected chi connectivity index (χ4v) is 2.29. The van der Waals surface area contributed by atoms with Gasteiger partial charge in [0.15, 0.2) is 17.3 Å². The Balaban J connectivity index is 2.17. The summed E-state index contributed by atoms with van der Waals surface area (Å²) in [6, 6.07) is 4.69. The molecule has 20 heavy (non-hydrogen) atoms. The van der Waals surface area contributed by atoms with Gasteiger partial charge in [-0.3, -0.25) is 0 Å². The van der Waals surface area contributed by atoms with Gasteiger partial charge < -0.3 is 13.8 Å². The molecule has 0 spiro atoms. The normalized spacial score (nSPS) is 11.2. The molecule has 0 saturated carbocycles. The number of halogens is 2. The first kappa shape index (κ1) is 12.9. The van der Waals surface area contributed by atoms with E-state index in [2.05, 4.69) is 10.1 Å². The van der Waals surface area contributed by atoms with Gasteiger partial charge in [-0.25, -0.2) is 9.37 Å². The molecule has 0 aliphatic rings. The van der Waals surface area contributed by atoms with Crippen LogP contribution in [-0.2, 0) is 12.4 Å². The summed E-state index contributed by atoms with van der Waals surface area (Å²) in [5, 5.41) is 3.66. The van der Waals surface area contributed by atoms with Crippen molar-refractivity contribution in [3.05, 3.63) is 41.8 Å². The molecule has 0 aliphatic heterocycles. The van der Waals surface area contributed by atoms with Gasteiger partial charge in [0.1, 0.15) is 5.82 Å². The fourth-order valence-electron chi connectivity index (χ4n) is 2.09. The average Bonchev–Trinajstić information content (AvgIpc) is 3.06. The molecule has 0 bridgehead atoms. The van der Waals surface area contributed by atoms with E-state index in [9.17, 15) is 4.39 Å². The Kier molecular flexibility index (Phi) is 3.31. The lowest BCUT2D eigenvalue weighted by Crippen LogP contribution is -2.03. The second-order valence-electron chi connectivity index (χ2n) is 4.20. The van der Waals surface area contributed by atoms with Gasteiger partial charge in [-0.05, 0) is 0 Å². The molecule has 3 rings (SSSR count). The van der Waals surface area contributed by atoms with Crippen LogP contribution in [0.2, 0.25) is 0 Å². The summed E-state index contributed by atoms with van der Waals surface area (Å²) in [5.41, 5.74) is 1.26. The van der Waals surface area contributed by atoms with Gasteiger partial charge in [0.2, 0.25) is 0 Å². The molecule has 0 unspecified atom stereocenters. The Labute approximate surface area is 118 Å². The van der Waals surface area contributed by atoms with Crippen LogP contribution in [0, 0.1) is 5.82 Å². The summed E-state index contributed by atoms with van der Waals surface area (Å²) >= 11 is 5.90. The molecule has 0 amide bonds. The second-order valence-corrected chi connectivity index (χ2v) is 4.47. The summed E-state index contributed by atoms with van der Waals surface area (Å²) in [6.07, 6.45) is 1.56. The molecule has 7 heteroatoms. The lowest BCUT2D eigenvalue weighted by atomic mass is 10.3. The quantitative estimate of drug-likeness (QED) is 0.694. The Bertz CT molecular complexity index is 740. The number of rotatable bonds is 4. The zero-order valence-electron chi connectivity index (χ0n) is 10.6. The largest absolute Gasteiger partial charge is 0.494 e. The van der Waals surface area contributed by atoms with Crippen LogP contribution in [0.15, 0.2) is 28.9 Å². The lowest BCUT2D eigenvalue weighted by molar-refractivity contribution is 0.376. The van der Waals surface area contributed by atoms with Crippen molar-refractivity contribution in [3.63, 3.8) is 0 Å². The molecule has 104 valence electrons. The third-order valence-electron chi connectivity index (χ3n) is 3.03. The molecule has 0 N–H and O–H groups in total. The summed E-state index contributed by atoms with van der Waals surface area (Å²) in [7, 11) is 1.42. The van der Waals surface area contributed by atoms with Gasteiger partial charge in [-0.1, -0.05) is 5.16 Å². The highest BCUT2D eigenvalue weighted by atomic mass is 35.5. The van der Waals surface area contributed by atoms with Gasteiger partial charge in [0, 0.05) is 18.2 Å². The van der Waals surface area contributed by atoms with Crippen LogP contribution in [0.3, 0.4) is 0 Å². The Hall–Kier alpha value is -2.08. The third-order valence-corrected chi connectivity index (χ3v) is 3.26. The zero-order chi connectivity index (χ0) is 14.1. The second kappa shape index (κ2) is 5.13. The molecule has 0 saturated heterocycles. The van der Waals surface area contributed by atoms with E-state index in [1.54, 1.807) is 18.3 Å². The summed E-state index contributed by atoms with van der Waals surface area (Å²) in [6.45, 7) is 0.424. The molecular formula is C13H11ClFN3O2. The van der Waals surface area contributed by atoms with E-state index >= 15 is 0 Å². The van der Waals surface area contributed by atoms with Crippen molar-refractivity contribution in [3.8, 4) is 5.75 Å². The smallest absolute Gasteiger partial charge is 0.167 e. The van der Waals surface area contributed by atoms with Gasteiger partial charge >= 0.3 is 0 Å². The van der Waals surface area contributed by atoms with Crippen LogP contribution in [0.25, 0.3) is 11.0 Å². The van der Waals surface area contributed by atoms with Crippen molar-refractivity contribution >= 4 is 22.6 Å². The predicted octanol–water partition coefficient (Wildman–Crippen LogP) is 2.96. The van der Waals surface area contributed by atoms with Gasteiger partial charge in [0.05, 0.1) is 36.8 Å².